The van der Waals surface area contributed by atoms with Crippen LogP contribution in [0.2, 0.25) is 0 Å². The average Bonchev–Trinajstić information content (AvgIpc) is 2.63. The summed E-state index contributed by atoms with van der Waals surface area (Å²) in [5.74, 6) is -1.24. The van der Waals surface area contributed by atoms with Gasteiger partial charge in [-0.2, -0.15) is 0 Å². The molecule has 168 valence electrons. The summed E-state index contributed by atoms with van der Waals surface area (Å²) in [6, 6.07) is 9.37. The highest BCUT2D eigenvalue weighted by molar-refractivity contribution is 5.86. The molecule has 0 heterocycles. The predicted molar refractivity (Wildman–Crippen MR) is 117 cm³/mol. The lowest BCUT2D eigenvalue weighted by atomic mass is 9.85. The Labute approximate surface area is 183 Å². The molecule has 7 nitrogen and oxygen atoms in total. The summed E-state index contributed by atoms with van der Waals surface area (Å²) in [4.78, 5) is 36.2. The summed E-state index contributed by atoms with van der Waals surface area (Å²) in [5, 5.41) is 2.82. The lowest BCUT2D eigenvalue weighted by Crippen LogP contribution is -2.43. The number of esters is 2. The van der Waals surface area contributed by atoms with Crippen LogP contribution in [0.1, 0.15) is 53.0 Å². The molecule has 0 saturated heterocycles. The second-order valence-electron chi connectivity index (χ2n) is 8.27. The van der Waals surface area contributed by atoms with Crippen LogP contribution in [-0.4, -0.2) is 42.4 Å². The predicted octanol–water partition coefficient (Wildman–Crippen LogP) is 4.18. The third-order valence-electron chi connectivity index (χ3n) is 4.43. The first-order valence-electron chi connectivity index (χ1n) is 10.4. The van der Waals surface area contributed by atoms with Crippen LogP contribution in [0.3, 0.4) is 0 Å². The molecule has 0 aliphatic heterocycles. The van der Waals surface area contributed by atoms with Crippen LogP contribution in [0, 0.1) is 0 Å². The number of carbonyl (C=O) groups is 3. The first-order chi connectivity index (χ1) is 14.6. The highest BCUT2D eigenvalue weighted by atomic mass is 16.6. The Bertz CT molecular complexity index is 851. The van der Waals surface area contributed by atoms with E-state index in [0.717, 1.165) is 16.7 Å². The summed E-state index contributed by atoms with van der Waals surface area (Å²) in [6.07, 6.45) is 2.76. The van der Waals surface area contributed by atoms with Crippen LogP contribution in [0.25, 0.3) is 5.57 Å². The van der Waals surface area contributed by atoms with E-state index >= 15 is 0 Å². The molecule has 1 aromatic rings. The standard InChI is InChI=1S/C24H31NO6/c1-6-29-22(27)21(30-16(2)26)15-19(25-23(28)31-24(3,4)5)14-18-12-13-20(18)17-10-8-7-9-11-17/h7-13,19,21H,6,14-15H2,1-5H3,(H,25,28). The quantitative estimate of drug-likeness (QED) is 0.468. The summed E-state index contributed by atoms with van der Waals surface area (Å²) < 4.78 is 15.6. The average molecular weight is 430 g/mol. The van der Waals surface area contributed by atoms with Crippen molar-refractivity contribution in [3.63, 3.8) is 0 Å². The number of hydrogen-bond acceptors (Lipinski definition) is 6. The Kier molecular flexibility index (Phi) is 8.42. The van der Waals surface area contributed by atoms with Crippen LogP contribution in [0.4, 0.5) is 4.79 Å². The molecule has 31 heavy (non-hydrogen) atoms. The highest BCUT2D eigenvalue weighted by Gasteiger charge is 2.30. The molecule has 1 aliphatic carbocycles. The summed E-state index contributed by atoms with van der Waals surface area (Å²) in [5.41, 5.74) is 2.49. The van der Waals surface area contributed by atoms with Crippen LogP contribution >= 0.6 is 0 Å². The van der Waals surface area contributed by atoms with Gasteiger partial charge in [-0.25, -0.2) is 9.59 Å². The van der Waals surface area contributed by atoms with Gasteiger partial charge in [0.25, 0.3) is 0 Å². The molecular weight excluding hydrogens is 398 g/mol. The van der Waals surface area contributed by atoms with Crippen molar-refractivity contribution >= 4 is 23.6 Å². The number of allylic oxidation sites excluding steroid dienone is 3. The topological polar surface area (TPSA) is 90.9 Å². The molecule has 7 heteroatoms. The Morgan fingerprint density at radius 2 is 1.74 bits per heavy atom. The van der Waals surface area contributed by atoms with Gasteiger partial charge in [-0.3, -0.25) is 4.79 Å². The second kappa shape index (κ2) is 10.8. The SMILES string of the molecule is CCOC(=O)C(CC(CC1=CC=C1c1ccccc1)NC(=O)OC(C)(C)C)OC(C)=O. The number of hydrogen-bond donors (Lipinski definition) is 1. The molecular formula is C24H31NO6. The molecule has 0 spiro atoms. The van der Waals surface area contributed by atoms with Gasteiger partial charge >= 0.3 is 18.0 Å². The fraction of sp³-hybridized carbons (Fsp3) is 0.458. The van der Waals surface area contributed by atoms with Gasteiger partial charge in [0.15, 0.2) is 0 Å². The van der Waals surface area contributed by atoms with Crippen molar-refractivity contribution in [2.24, 2.45) is 0 Å². The van der Waals surface area contributed by atoms with E-state index in [0.29, 0.717) is 6.42 Å². The number of alkyl carbamates (subject to hydrolysis) is 1. The van der Waals surface area contributed by atoms with Crippen molar-refractivity contribution in [1.82, 2.24) is 5.32 Å². The Morgan fingerprint density at radius 3 is 2.26 bits per heavy atom. The second-order valence-corrected chi connectivity index (χ2v) is 8.27. The highest BCUT2D eigenvalue weighted by Crippen LogP contribution is 2.34. The molecule has 0 fully saturated rings. The van der Waals surface area contributed by atoms with Crippen molar-refractivity contribution in [2.45, 2.75) is 65.2 Å². The van der Waals surface area contributed by atoms with E-state index in [1.54, 1.807) is 27.7 Å². The van der Waals surface area contributed by atoms with Gasteiger partial charge in [-0.15, -0.1) is 0 Å². The maximum absolute atomic E-state index is 12.4. The van der Waals surface area contributed by atoms with Gasteiger partial charge in [0.05, 0.1) is 6.61 Å². The molecule has 1 N–H and O–H groups in total. The van der Waals surface area contributed by atoms with E-state index < -0.39 is 35.8 Å². The van der Waals surface area contributed by atoms with Gasteiger partial charge in [-0.05, 0) is 50.8 Å². The first kappa shape index (κ1) is 24.2. The molecule has 0 bridgehead atoms. The monoisotopic (exact) mass is 429 g/mol. The van der Waals surface area contributed by atoms with Crippen molar-refractivity contribution in [2.75, 3.05) is 6.61 Å². The summed E-state index contributed by atoms with van der Waals surface area (Å²) in [6.45, 7) is 8.38. The summed E-state index contributed by atoms with van der Waals surface area (Å²) >= 11 is 0. The molecule has 0 saturated carbocycles. The number of benzene rings is 1. The molecule has 1 amide bonds. The van der Waals surface area contributed by atoms with Crippen molar-refractivity contribution in [1.29, 1.82) is 0 Å². The third kappa shape index (κ3) is 7.92. The van der Waals surface area contributed by atoms with Crippen molar-refractivity contribution < 1.29 is 28.6 Å². The largest absolute Gasteiger partial charge is 0.463 e. The van der Waals surface area contributed by atoms with Crippen molar-refractivity contribution in [3.8, 4) is 0 Å². The van der Waals surface area contributed by atoms with Crippen LogP contribution in [-0.2, 0) is 23.8 Å². The lowest BCUT2D eigenvalue weighted by Gasteiger charge is -2.28. The van der Waals surface area contributed by atoms with Gasteiger partial charge in [0.1, 0.15) is 5.60 Å². The minimum atomic E-state index is -1.12. The minimum Gasteiger partial charge on any atom is -0.463 e. The van der Waals surface area contributed by atoms with E-state index in [1.165, 1.54) is 6.92 Å². The fourth-order valence-corrected chi connectivity index (χ4v) is 3.18. The number of ether oxygens (including phenoxy) is 3. The van der Waals surface area contributed by atoms with Gasteiger partial charge in [-0.1, -0.05) is 42.5 Å². The minimum absolute atomic E-state index is 0.0665. The molecule has 2 unspecified atom stereocenters. The number of nitrogens with one attached hydrogen (secondary N) is 1. The van der Waals surface area contributed by atoms with E-state index in [2.05, 4.69) is 5.32 Å². The first-order valence-corrected chi connectivity index (χ1v) is 10.4. The van der Waals surface area contributed by atoms with E-state index in [-0.39, 0.29) is 13.0 Å². The number of amides is 1. The van der Waals surface area contributed by atoms with Gasteiger partial charge in [0, 0.05) is 19.4 Å². The van der Waals surface area contributed by atoms with E-state index in [9.17, 15) is 14.4 Å². The van der Waals surface area contributed by atoms with E-state index in [4.69, 9.17) is 14.2 Å². The molecule has 1 aromatic carbocycles. The van der Waals surface area contributed by atoms with Crippen LogP contribution in [0.5, 0.6) is 0 Å². The molecule has 2 atom stereocenters. The normalized spacial score (nSPS) is 14.9. The molecule has 2 rings (SSSR count). The summed E-state index contributed by atoms with van der Waals surface area (Å²) in [7, 11) is 0. The third-order valence-corrected chi connectivity index (χ3v) is 4.43. The van der Waals surface area contributed by atoms with Crippen LogP contribution < -0.4 is 5.32 Å². The number of rotatable bonds is 9. The van der Waals surface area contributed by atoms with Gasteiger partial charge < -0.3 is 19.5 Å². The zero-order valence-corrected chi connectivity index (χ0v) is 18.8. The fourth-order valence-electron chi connectivity index (χ4n) is 3.18. The lowest BCUT2D eigenvalue weighted by molar-refractivity contribution is -0.167. The smallest absolute Gasteiger partial charge is 0.407 e. The zero-order chi connectivity index (χ0) is 23.0. The maximum atomic E-state index is 12.4. The Balaban J connectivity index is 2.16. The van der Waals surface area contributed by atoms with Crippen LogP contribution in [0.15, 0.2) is 48.1 Å². The maximum Gasteiger partial charge on any atom is 0.407 e. The van der Waals surface area contributed by atoms with Gasteiger partial charge in [0.2, 0.25) is 6.10 Å². The van der Waals surface area contributed by atoms with Crippen molar-refractivity contribution in [3.05, 3.63) is 53.6 Å². The number of carbonyl (C=O) groups excluding carboxylic acids is 3. The Morgan fingerprint density at radius 1 is 1.06 bits per heavy atom. The molecule has 1 aliphatic rings. The zero-order valence-electron chi connectivity index (χ0n) is 18.8. The molecule has 0 radical (unpaired) electrons. The Hall–Kier alpha value is -3.09. The van der Waals surface area contributed by atoms with E-state index in [1.807, 2.05) is 42.5 Å². The molecule has 0 aromatic heterocycles.